The molecule has 0 saturated carbocycles. The van der Waals surface area contributed by atoms with Gasteiger partial charge in [0.25, 0.3) is 0 Å². The molecule has 0 aliphatic carbocycles. The van der Waals surface area contributed by atoms with Crippen LogP contribution in [0.5, 0.6) is 5.75 Å². The topological polar surface area (TPSA) is 85.2 Å². The quantitative estimate of drug-likeness (QED) is 0.681. The second kappa shape index (κ2) is 12.8. The number of ether oxygens (including phenoxy) is 3. The smallest absolute Gasteiger partial charge is 0.341 e. The number of carboxylic acids is 1. The lowest BCUT2D eigenvalue weighted by Gasteiger charge is -2.00. The highest BCUT2D eigenvalue weighted by molar-refractivity contribution is 5.68. The van der Waals surface area contributed by atoms with Gasteiger partial charge in [0.2, 0.25) is 0 Å². The van der Waals surface area contributed by atoms with E-state index in [1.165, 1.54) is 0 Å². The second-order valence-corrected chi connectivity index (χ2v) is 3.32. The summed E-state index contributed by atoms with van der Waals surface area (Å²) in [4.78, 5) is 10.0. The predicted octanol–water partition coefficient (Wildman–Crippen LogP) is 0.792. The van der Waals surface area contributed by atoms with Gasteiger partial charge in [0.1, 0.15) is 5.75 Å². The molecule has 0 bridgehead atoms. The molecule has 0 fully saturated rings. The Labute approximate surface area is 112 Å². The number of aliphatic hydroxyl groups excluding tert-OH is 1. The summed E-state index contributed by atoms with van der Waals surface area (Å²) in [5.41, 5.74) is 0. The van der Waals surface area contributed by atoms with E-state index in [0.717, 1.165) is 0 Å². The van der Waals surface area contributed by atoms with Gasteiger partial charge in [-0.2, -0.15) is 0 Å². The normalized spacial score (nSPS) is 9.37. The summed E-state index contributed by atoms with van der Waals surface area (Å²) in [5, 5.41) is 16.4. The van der Waals surface area contributed by atoms with E-state index in [0.29, 0.717) is 25.6 Å². The van der Waals surface area contributed by atoms with Gasteiger partial charge in [-0.15, -0.1) is 0 Å². The summed E-state index contributed by atoms with van der Waals surface area (Å²) in [5.74, 6) is -0.385. The van der Waals surface area contributed by atoms with E-state index in [-0.39, 0.29) is 13.2 Å². The largest absolute Gasteiger partial charge is 0.482 e. The molecule has 0 unspecified atom stereocenters. The molecular weight excluding hydrogens is 252 g/mol. The van der Waals surface area contributed by atoms with E-state index in [2.05, 4.69) is 4.74 Å². The number of methoxy groups -OCH3 is 1. The number of aliphatic carboxylic acids is 1. The first-order valence-corrected chi connectivity index (χ1v) is 5.78. The van der Waals surface area contributed by atoms with E-state index >= 15 is 0 Å². The lowest BCUT2D eigenvalue weighted by atomic mass is 10.3. The summed E-state index contributed by atoms with van der Waals surface area (Å²) in [6.07, 6.45) is 0. The van der Waals surface area contributed by atoms with E-state index in [9.17, 15) is 4.79 Å². The molecule has 0 spiro atoms. The predicted molar refractivity (Wildman–Crippen MR) is 69.4 cm³/mol. The van der Waals surface area contributed by atoms with Crippen LogP contribution in [0.15, 0.2) is 30.3 Å². The number of hydrogen-bond acceptors (Lipinski definition) is 5. The van der Waals surface area contributed by atoms with Crippen molar-refractivity contribution in [2.75, 3.05) is 40.1 Å². The zero-order valence-corrected chi connectivity index (χ0v) is 10.9. The van der Waals surface area contributed by atoms with Crippen molar-refractivity contribution in [3.63, 3.8) is 0 Å². The molecule has 0 saturated heterocycles. The molecule has 1 aromatic rings. The first kappa shape index (κ1) is 17.4. The minimum Gasteiger partial charge on any atom is -0.482 e. The molecule has 0 heterocycles. The Morgan fingerprint density at radius 3 is 2.37 bits per heavy atom. The molecule has 6 nitrogen and oxygen atoms in total. The average molecular weight is 272 g/mol. The molecule has 0 radical (unpaired) electrons. The highest BCUT2D eigenvalue weighted by atomic mass is 16.5. The summed E-state index contributed by atoms with van der Waals surface area (Å²) in [7, 11) is 1.61. The zero-order valence-electron chi connectivity index (χ0n) is 10.9. The Kier molecular flexibility index (Phi) is 11.7. The van der Waals surface area contributed by atoms with Crippen LogP contribution in [0.3, 0.4) is 0 Å². The molecule has 6 heteroatoms. The Balaban J connectivity index is 0.000000362. The van der Waals surface area contributed by atoms with Crippen LogP contribution in [-0.4, -0.2) is 56.3 Å². The number of aliphatic hydroxyl groups is 1. The highest BCUT2D eigenvalue weighted by Crippen LogP contribution is 2.07. The maximum absolute atomic E-state index is 10.0. The van der Waals surface area contributed by atoms with Crippen LogP contribution in [0.25, 0.3) is 0 Å². The average Bonchev–Trinajstić information content (AvgIpc) is 2.43. The van der Waals surface area contributed by atoms with E-state index in [4.69, 9.17) is 19.7 Å². The van der Waals surface area contributed by atoms with Gasteiger partial charge in [0, 0.05) is 7.11 Å². The van der Waals surface area contributed by atoms with Crippen LogP contribution in [0.4, 0.5) is 0 Å². The molecule has 1 aromatic carbocycles. The van der Waals surface area contributed by atoms with Gasteiger partial charge in [-0.05, 0) is 12.1 Å². The fraction of sp³-hybridized carbons (Fsp3) is 0.462. The molecule has 108 valence electrons. The molecule has 1 rings (SSSR count). The maximum Gasteiger partial charge on any atom is 0.341 e. The van der Waals surface area contributed by atoms with E-state index < -0.39 is 5.97 Å². The molecule has 2 N–H and O–H groups in total. The summed E-state index contributed by atoms with van der Waals surface area (Å²) in [6, 6.07) is 8.84. The minimum absolute atomic E-state index is 0.0870. The highest BCUT2D eigenvalue weighted by Gasteiger charge is 1.96. The number of para-hydroxylation sites is 1. The number of carbonyl (C=O) groups is 1. The summed E-state index contributed by atoms with van der Waals surface area (Å²) >= 11 is 0. The minimum atomic E-state index is -0.964. The number of carboxylic acid groups (broad SMARTS) is 1. The number of benzene rings is 1. The molecule has 0 aromatic heterocycles. The summed E-state index contributed by atoms with van der Waals surface area (Å²) < 4.78 is 14.4. The fourth-order valence-corrected chi connectivity index (χ4v) is 0.971. The molecule has 0 amide bonds. The van der Waals surface area contributed by atoms with Gasteiger partial charge in [-0.25, -0.2) is 4.79 Å². The monoisotopic (exact) mass is 272 g/mol. The molecule has 0 aliphatic heterocycles. The maximum atomic E-state index is 10.0. The van der Waals surface area contributed by atoms with E-state index in [1.807, 2.05) is 6.07 Å². The molecule has 19 heavy (non-hydrogen) atoms. The third-order valence-corrected chi connectivity index (χ3v) is 1.77. The summed E-state index contributed by atoms with van der Waals surface area (Å²) in [6.45, 7) is 1.37. The first-order valence-electron chi connectivity index (χ1n) is 5.78. The Bertz CT molecular complexity index is 308. The third kappa shape index (κ3) is 12.6. The molecule has 0 aliphatic rings. The number of rotatable bonds is 8. The Morgan fingerprint density at radius 2 is 1.84 bits per heavy atom. The first-order chi connectivity index (χ1) is 9.20. The zero-order chi connectivity index (χ0) is 14.3. The lowest BCUT2D eigenvalue weighted by Crippen LogP contribution is -2.09. The second-order valence-electron chi connectivity index (χ2n) is 3.32. The van der Waals surface area contributed by atoms with Crippen molar-refractivity contribution >= 4 is 5.97 Å². The van der Waals surface area contributed by atoms with Crippen molar-refractivity contribution in [3.05, 3.63) is 30.3 Å². The van der Waals surface area contributed by atoms with Crippen molar-refractivity contribution in [2.24, 2.45) is 0 Å². The van der Waals surface area contributed by atoms with Crippen LogP contribution in [0.2, 0.25) is 0 Å². The van der Waals surface area contributed by atoms with Gasteiger partial charge in [-0.1, -0.05) is 18.2 Å². The van der Waals surface area contributed by atoms with Crippen molar-refractivity contribution in [2.45, 2.75) is 0 Å². The van der Waals surface area contributed by atoms with Crippen molar-refractivity contribution in [1.29, 1.82) is 0 Å². The van der Waals surface area contributed by atoms with Crippen LogP contribution in [0, 0.1) is 0 Å². The molecule has 0 atom stereocenters. The SMILES string of the molecule is COCCOCCO.O=C(O)COc1ccccc1. The Morgan fingerprint density at radius 1 is 1.16 bits per heavy atom. The fourth-order valence-electron chi connectivity index (χ4n) is 0.971. The van der Waals surface area contributed by atoms with Crippen LogP contribution in [-0.2, 0) is 14.3 Å². The lowest BCUT2D eigenvalue weighted by molar-refractivity contribution is -0.139. The Hall–Kier alpha value is -1.63. The van der Waals surface area contributed by atoms with Gasteiger partial charge in [0.15, 0.2) is 6.61 Å². The van der Waals surface area contributed by atoms with Crippen molar-refractivity contribution in [3.8, 4) is 5.75 Å². The van der Waals surface area contributed by atoms with Gasteiger partial charge in [-0.3, -0.25) is 0 Å². The van der Waals surface area contributed by atoms with Crippen LogP contribution in [0.1, 0.15) is 0 Å². The van der Waals surface area contributed by atoms with Gasteiger partial charge >= 0.3 is 5.97 Å². The van der Waals surface area contributed by atoms with Gasteiger partial charge < -0.3 is 24.4 Å². The number of hydrogen-bond donors (Lipinski definition) is 2. The van der Waals surface area contributed by atoms with Gasteiger partial charge in [0.05, 0.1) is 26.4 Å². The van der Waals surface area contributed by atoms with Crippen LogP contribution >= 0.6 is 0 Å². The third-order valence-electron chi connectivity index (χ3n) is 1.77. The standard InChI is InChI=1S/C8H8O3.C5H12O3/c9-8(10)6-11-7-4-2-1-3-5-7;1-7-4-5-8-3-2-6/h1-5H,6H2,(H,9,10);6H,2-5H2,1H3. The van der Waals surface area contributed by atoms with E-state index in [1.54, 1.807) is 31.4 Å². The van der Waals surface area contributed by atoms with Crippen molar-refractivity contribution < 1.29 is 29.2 Å². The van der Waals surface area contributed by atoms with Crippen LogP contribution < -0.4 is 4.74 Å². The molecular formula is C13H20O6. The van der Waals surface area contributed by atoms with Crippen molar-refractivity contribution in [1.82, 2.24) is 0 Å².